The Balaban J connectivity index is 1.71. The van der Waals surface area contributed by atoms with E-state index in [0.717, 1.165) is 28.0 Å². The summed E-state index contributed by atoms with van der Waals surface area (Å²) in [4.78, 5) is 24.0. The highest BCUT2D eigenvalue weighted by atomic mass is 16.5. The molecule has 1 heterocycles. The Labute approximate surface area is 187 Å². The number of hydrogen-bond acceptors (Lipinski definition) is 3. The standard InChI is InChI=1S/C27H25NO4/c1-16-5-7-18(8-6-16)23-15-27(3,4)32-24-17(2)13-20(14-22(23)24)25(29)28-21-11-9-19(10-12-21)26(30)31/h5-15H,1-4H3,(H,28,29)(H,30,31). The zero-order chi connectivity index (χ0) is 23.0. The van der Waals surface area contributed by atoms with E-state index in [2.05, 4.69) is 42.6 Å². The van der Waals surface area contributed by atoms with Gasteiger partial charge in [0.1, 0.15) is 11.4 Å². The van der Waals surface area contributed by atoms with E-state index in [0.29, 0.717) is 11.3 Å². The topological polar surface area (TPSA) is 75.6 Å². The lowest BCUT2D eigenvalue weighted by Crippen LogP contribution is -2.30. The van der Waals surface area contributed by atoms with Crippen molar-refractivity contribution in [1.29, 1.82) is 0 Å². The molecule has 0 atom stereocenters. The number of carbonyl (C=O) groups excluding carboxylic acids is 1. The number of carboxylic acid groups (broad SMARTS) is 1. The van der Waals surface area contributed by atoms with Crippen LogP contribution in [0, 0.1) is 13.8 Å². The highest BCUT2D eigenvalue weighted by molar-refractivity contribution is 6.06. The zero-order valence-corrected chi connectivity index (χ0v) is 18.5. The molecular formula is C27H25NO4. The first-order chi connectivity index (χ1) is 15.1. The van der Waals surface area contributed by atoms with E-state index in [4.69, 9.17) is 9.84 Å². The summed E-state index contributed by atoms with van der Waals surface area (Å²) < 4.78 is 6.25. The summed E-state index contributed by atoms with van der Waals surface area (Å²) >= 11 is 0. The van der Waals surface area contributed by atoms with E-state index in [1.54, 1.807) is 12.1 Å². The molecule has 0 saturated carbocycles. The number of benzene rings is 3. The monoisotopic (exact) mass is 427 g/mol. The predicted octanol–water partition coefficient (Wildman–Crippen LogP) is 5.86. The fourth-order valence-electron chi connectivity index (χ4n) is 3.83. The normalized spacial score (nSPS) is 14.1. The molecule has 0 aromatic heterocycles. The van der Waals surface area contributed by atoms with Crippen molar-refractivity contribution in [2.24, 2.45) is 0 Å². The molecule has 0 fully saturated rings. The summed E-state index contributed by atoms with van der Waals surface area (Å²) in [6.45, 7) is 8.02. The number of carbonyl (C=O) groups is 2. The van der Waals surface area contributed by atoms with Crippen LogP contribution >= 0.6 is 0 Å². The van der Waals surface area contributed by atoms with Crippen LogP contribution in [0.3, 0.4) is 0 Å². The van der Waals surface area contributed by atoms with Crippen LogP contribution in [-0.4, -0.2) is 22.6 Å². The van der Waals surface area contributed by atoms with Gasteiger partial charge in [0.15, 0.2) is 0 Å². The molecule has 0 radical (unpaired) electrons. The van der Waals surface area contributed by atoms with Gasteiger partial charge in [-0.2, -0.15) is 0 Å². The minimum Gasteiger partial charge on any atom is -0.483 e. The highest BCUT2D eigenvalue weighted by Gasteiger charge is 2.29. The second kappa shape index (κ2) is 8.00. The maximum atomic E-state index is 13.0. The average molecular weight is 428 g/mol. The molecule has 162 valence electrons. The van der Waals surface area contributed by atoms with Crippen LogP contribution in [0.5, 0.6) is 5.75 Å². The third-order valence-corrected chi connectivity index (χ3v) is 5.44. The molecule has 3 aromatic carbocycles. The number of nitrogens with one attached hydrogen (secondary N) is 1. The Morgan fingerprint density at radius 1 is 0.906 bits per heavy atom. The lowest BCUT2D eigenvalue weighted by atomic mass is 9.87. The second-order valence-corrected chi connectivity index (χ2v) is 8.64. The van der Waals surface area contributed by atoms with Gasteiger partial charge in [-0.05, 0) is 86.9 Å². The van der Waals surface area contributed by atoms with Crippen LogP contribution in [0.1, 0.15) is 56.8 Å². The third kappa shape index (κ3) is 4.28. The molecule has 0 saturated heterocycles. The smallest absolute Gasteiger partial charge is 0.335 e. The van der Waals surface area contributed by atoms with Crippen molar-refractivity contribution in [3.8, 4) is 5.75 Å². The van der Waals surface area contributed by atoms with Gasteiger partial charge in [0.2, 0.25) is 0 Å². The van der Waals surface area contributed by atoms with Crippen molar-refractivity contribution in [2.75, 3.05) is 5.32 Å². The summed E-state index contributed by atoms with van der Waals surface area (Å²) in [6.07, 6.45) is 2.09. The number of rotatable bonds is 4. The van der Waals surface area contributed by atoms with Gasteiger partial charge < -0.3 is 15.2 Å². The number of carboxylic acids is 1. The third-order valence-electron chi connectivity index (χ3n) is 5.44. The molecule has 1 aliphatic heterocycles. The van der Waals surface area contributed by atoms with Crippen molar-refractivity contribution < 1.29 is 19.4 Å². The van der Waals surface area contributed by atoms with E-state index >= 15 is 0 Å². The van der Waals surface area contributed by atoms with E-state index in [1.807, 2.05) is 32.9 Å². The summed E-state index contributed by atoms with van der Waals surface area (Å²) in [6, 6.07) is 18.1. The maximum Gasteiger partial charge on any atom is 0.335 e. The molecule has 5 nitrogen and oxygen atoms in total. The molecule has 2 N–H and O–H groups in total. The first kappa shape index (κ1) is 21.4. The summed E-state index contributed by atoms with van der Waals surface area (Å²) in [5.74, 6) is -0.506. The minimum atomic E-state index is -1.01. The molecular weight excluding hydrogens is 402 g/mol. The highest BCUT2D eigenvalue weighted by Crippen LogP contribution is 2.42. The van der Waals surface area contributed by atoms with Gasteiger partial charge in [0.05, 0.1) is 5.56 Å². The Morgan fingerprint density at radius 3 is 2.19 bits per heavy atom. The van der Waals surface area contributed by atoms with Crippen molar-refractivity contribution in [2.45, 2.75) is 33.3 Å². The molecule has 5 heteroatoms. The molecule has 3 aromatic rings. The quantitative estimate of drug-likeness (QED) is 0.547. The van der Waals surface area contributed by atoms with Crippen LogP contribution in [0.25, 0.3) is 5.57 Å². The summed E-state index contributed by atoms with van der Waals surface area (Å²) in [5, 5.41) is 11.9. The number of ether oxygens (including phenoxy) is 1. The molecule has 4 rings (SSSR count). The predicted molar refractivity (Wildman–Crippen MR) is 125 cm³/mol. The van der Waals surface area contributed by atoms with E-state index in [-0.39, 0.29) is 11.5 Å². The summed E-state index contributed by atoms with van der Waals surface area (Å²) in [7, 11) is 0. The van der Waals surface area contributed by atoms with Gasteiger partial charge in [-0.25, -0.2) is 4.79 Å². The SMILES string of the molecule is Cc1ccc(C2=CC(C)(C)Oc3c(C)cc(C(=O)Nc4ccc(C(=O)O)cc4)cc32)cc1. The first-order valence-corrected chi connectivity index (χ1v) is 10.4. The van der Waals surface area contributed by atoms with Crippen molar-refractivity contribution in [3.05, 3.63) is 100 Å². The lowest BCUT2D eigenvalue weighted by Gasteiger charge is -2.33. The molecule has 0 spiro atoms. The fourth-order valence-corrected chi connectivity index (χ4v) is 3.83. The van der Waals surface area contributed by atoms with E-state index in [1.165, 1.54) is 17.7 Å². The van der Waals surface area contributed by atoms with Crippen molar-refractivity contribution in [1.82, 2.24) is 0 Å². The molecule has 0 bridgehead atoms. The largest absolute Gasteiger partial charge is 0.483 e. The number of amides is 1. The molecule has 1 amide bonds. The number of anilines is 1. The fraction of sp³-hybridized carbons (Fsp3) is 0.185. The van der Waals surface area contributed by atoms with Gasteiger partial charge in [-0.1, -0.05) is 29.8 Å². The maximum absolute atomic E-state index is 13.0. The minimum absolute atomic E-state index is 0.167. The Morgan fingerprint density at radius 2 is 1.56 bits per heavy atom. The Kier molecular flexibility index (Phi) is 5.35. The van der Waals surface area contributed by atoms with Crippen LogP contribution in [-0.2, 0) is 0 Å². The number of aryl methyl sites for hydroxylation is 2. The molecule has 1 aliphatic rings. The van der Waals surface area contributed by atoms with E-state index in [9.17, 15) is 9.59 Å². The number of aromatic carboxylic acids is 1. The summed E-state index contributed by atoms with van der Waals surface area (Å²) in [5.41, 5.74) is 5.74. The zero-order valence-electron chi connectivity index (χ0n) is 18.5. The van der Waals surface area contributed by atoms with Crippen LogP contribution in [0.4, 0.5) is 5.69 Å². The number of hydrogen-bond donors (Lipinski definition) is 2. The van der Waals surface area contributed by atoms with Gasteiger partial charge >= 0.3 is 5.97 Å². The van der Waals surface area contributed by atoms with Crippen LogP contribution < -0.4 is 10.1 Å². The van der Waals surface area contributed by atoms with Crippen molar-refractivity contribution >= 4 is 23.1 Å². The van der Waals surface area contributed by atoms with E-state index < -0.39 is 11.6 Å². The Bertz CT molecular complexity index is 1240. The second-order valence-electron chi connectivity index (χ2n) is 8.64. The van der Waals surface area contributed by atoms with Crippen LogP contribution in [0.2, 0.25) is 0 Å². The van der Waals surface area contributed by atoms with Crippen molar-refractivity contribution in [3.63, 3.8) is 0 Å². The van der Waals surface area contributed by atoms with Gasteiger partial charge in [-0.15, -0.1) is 0 Å². The molecule has 0 aliphatic carbocycles. The number of fused-ring (bicyclic) bond motifs is 1. The van der Waals surface area contributed by atoms with Crippen LogP contribution in [0.15, 0.2) is 66.7 Å². The first-order valence-electron chi connectivity index (χ1n) is 10.4. The van der Waals surface area contributed by atoms with Gasteiger partial charge in [0.25, 0.3) is 5.91 Å². The van der Waals surface area contributed by atoms with Gasteiger partial charge in [-0.3, -0.25) is 4.79 Å². The molecule has 0 unspecified atom stereocenters. The van der Waals surface area contributed by atoms with Gasteiger partial charge in [0, 0.05) is 16.8 Å². The lowest BCUT2D eigenvalue weighted by molar-refractivity contribution is 0.0696. The average Bonchev–Trinajstić information content (AvgIpc) is 2.74. The Hall–Kier alpha value is -3.86. The molecule has 32 heavy (non-hydrogen) atoms.